The monoisotopic (exact) mass is 227 g/mol. The van der Waals surface area contributed by atoms with E-state index >= 15 is 0 Å². The highest BCUT2D eigenvalue weighted by atomic mass is 16.4. The number of hydrogen-bond acceptors (Lipinski definition) is 3. The van der Waals surface area contributed by atoms with Crippen molar-refractivity contribution in [1.82, 2.24) is 10.2 Å². The molecule has 0 aromatic rings. The fourth-order valence-electron chi connectivity index (χ4n) is 2.00. The largest absolute Gasteiger partial charge is 0.480 e. The second-order valence-corrected chi connectivity index (χ2v) is 4.71. The molecular weight excluding hydrogens is 210 g/mol. The third-order valence-corrected chi connectivity index (χ3v) is 3.45. The molecule has 1 saturated carbocycles. The summed E-state index contributed by atoms with van der Waals surface area (Å²) in [6.07, 6.45) is 3.51. The summed E-state index contributed by atoms with van der Waals surface area (Å²) < 4.78 is 0. The predicted octanol–water partition coefficient (Wildman–Crippen LogP) is -0.264. The van der Waals surface area contributed by atoms with Crippen molar-refractivity contribution in [3.8, 4) is 0 Å². The summed E-state index contributed by atoms with van der Waals surface area (Å²) in [5.41, 5.74) is 4.42. The molecule has 2 aliphatic rings. The number of likely N-dealkylation sites (tertiary alicyclic amines) is 1. The average Bonchev–Trinajstić information content (AvgIpc) is 2.56. The van der Waals surface area contributed by atoms with Crippen LogP contribution in [0.3, 0.4) is 0 Å². The van der Waals surface area contributed by atoms with Gasteiger partial charge in [0.25, 0.3) is 0 Å². The van der Waals surface area contributed by atoms with Crippen LogP contribution in [0.15, 0.2) is 0 Å². The maximum Gasteiger partial charge on any atom is 0.325 e. The standard InChI is InChI=1S/C10H17N3O3/c11-10(8(14)15)4-5-13(6-10)9(16)12-7-2-1-3-7/h7H,1-6,11H2,(H,12,16)(H,14,15). The van der Waals surface area contributed by atoms with E-state index in [1.165, 1.54) is 4.90 Å². The Kier molecular flexibility index (Phi) is 2.75. The van der Waals surface area contributed by atoms with Gasteiger partial charge in [0.05, 0.1) is 6.54 Å². The van der Waals surface area contributed by atoms with Crippen LogP contribution in [0.2, 0.25) is 0 Å². The lowest BCUT2D eigenvalue weighted by Crippen LogP contribution is -2.53. The predicted molar refractivity (Wildman–Crippen MR) is 56.9 cm³/mol. The quantitative estimate of drug-likeness (QED) is 0.605. The van der Waals surface area contributed by atoms with Gasteiger partial charge >= 0.3 is 12.0 Å². The Morgan fingerprint density at radius 1 is 1.44 bits per heavy atom. The third kappa shape index (κ3) is 1.97. The Morgan fingerprint density at radius 3 is 2.56 bits per heavy atom. The van der Waals surface area contributed by atoms with Crippen LogP contribution in [-0.2, 0) is 4.79 Å². The first kappa shape index (κ1) is 11.2. The van der Waals surface area contributed by atoms with E-state index in [-0.39, 0.29) is 18.6 Å². The van der Waals surface area contributed by atoms with E-state index in [1.807, 2.05) is 0 Å². The molecule has 4 N–H and O–H groups in total. The van der Waals surface area contributed by atoms with Crippen molar-refractivity contribution in [2.24, 2.45) is 5.73 Å². The zero-order chi connectivity index (χ0) is 11.8. The highest BCUT2D eigenvalue weighted by Crippen LogP contribution is 2.21. The van der Waals surface area contributed by atoms with Gasteiger partial charge in [-0.2, -0.15) is 0 Å². The summed E-state index contributed by atoms with van der Waals surface area (Å²) >= 11 is 0. The zero-order valence-electron chi connectivity index (χ0n) is 9.11. The molecule has 0 aromatic heterocycles. The smallest absolute Gasteiger partial charge is 0.325 e. The Balaban J connectivity index is 1.87. The van der Waals surface area contributed by atoms with Gasteiger partial charge < -0.3 is 21.1 Å². The third-order valence-electron chi connectivity index (χ3n) is 3.45. The maximum atomic E-state index is 11.7. The lowest BCUT2D eigenvalue weighted by atomic mass is 9.93. The second kappa shape index (κ2) is 3.93. The zero-order valence-corrected chi connectivity index (χ0v) is 9.11. The van der Waals surface area contributed by atoms with E-state index in [2.05, 4.69) is 5.32 Å². The van der Waals surface area contributed by atoms with Crippen molar-refractivity contribution < 1.29 is 14.7 Å². The molecule has 2 fully saturated rings. The van der Waals surface area contributed by atoms with Crippen molar-refractivity contribution >= 4 is 12.0 Å². The van der Waals surface area contributed by atoms with Crippen LogP contribution in [-0.4, -0.2) is 46.7 Å². The number of carbonyl (C=O) groups is 2. The summed E-state index contributed by atoms with van der Waals surface area (Å²) in [7, 11) is 0. The molecule has 0 spiro atoms. The number of nitrogens with one attached hydrogen (secondary N) is 1. The number of nitrogens with two attached hydrogens (primary N) is 1. The van der Waals surface area contributed by atoms with E-state index in [0.29, 0.717) is 13.0 Å². The van der Waals surface area contributed by atoms with Crippen molar-refractivity contribution in [2.75, 3.05) is 13.1 Å². The van der Waals surface area contributed by atoms with Gasteiger partial charge in [-0.25, -0.2) is 4.79 Å². The highest BCUT2D eigenvalue weighted by Gasteiger charge is 2.43. The molecule has 2 amide bonds. The Morgan fingerprint density at radius 2 is 2.12 bits per heavy atom. The molecule has 1 saturated heterocycles. The molecule has 1 aliphatic carbocycles. The molecule has 16 heavy (non-hydrogen) atoms. The first-order valence-electron chi connectivity index (χ1n) is 5.59. The van der Waals surface area contributed by atoms with E-state index < -0.39 is 11.5 Å². The molecule has 1 aliphatic heterocycles. The van der Waals surface area contributed by atoms with Gasteiger partial charge in [0.15, 0.2) is 0 Å². The molecule has 0 radical (unpaired) electrons. The van der Waals surface area contributed by atoms with Crippen LogP contribution < -0.4 is 11.1 Å². The number of aliphatic carboxylic acids is 1. The fraction of sp³-hybridized carbons (Fsp3) is 0.800. The van der Waals surface area contributed by atoms with Gasteiger partial charge in [-0.15, -0.1) is 0 Å². The lowest BCUT2D eigenvalue weighted by molar-refractivity contribution is -0.142. The lowest BCUT2D eigenvalue weighted by Gasteiger charge is -2.29. The van der Waals surface area contributed by atoms with Crippen molar-refractivity contribution in [3.05, 3.63) is 0 Å². The highest BCUT2D eigenvalue weighted by molar-refractivity contribution is 5.82. The molecule has 90 valence electrons. The SMILES string of the molecule is NC1(C(=O)O)CCN(C(=O)NC2CCC2)C1. The average molecular weight is 227 g/mol. The molecule has 1 heterocycles. The molecule has 2 rings (SSSR count). The number of carboxylic acids is 1. The number of amides is 2. The maximum absolute atomic E-state index is 11.7. The van der Waals surface area contributed by atoms with E-state index in [4.69, 9.17) is 10.8 Å². The number of carboxylic acid groups (broad SMARTS) is 1. The number of carbonyl (C=O) groups excluding carboxylic acids is 1. The minimum absolute atomic E-state index is 0.0981. The first-order chi connectivity index (χ1) is 7.51. The number of urea groups is 1. The molecule has 1 unspecified atom stereocenters. The normalized spacial score (nSPS) is 29.9. The van der Waals surface area contributed by atoms with E-state index in [9.17, 15) is 9.59 Å². The van der Waals surface area contributed by atoms with Crippen LogP contribution in [0.1, 0.15) is 25.7 Å². The molecular formula is C10H17N3O3. The van der Waals surface area contributed by atoms with E-state index in [0.717, 1.165) is 19.3 Å². The summed E-state index contributed by atoms with van der Waals surface area (Å²) in [4.78, 5) is 24.1. The van der Waals surface area contributed by atoms with Crippen LogP contribution in [0.4, 0.5) is 4.79 Å². The fourth-order valence-corrected chi connectivity index (χ4v) is 2.00. The second-order valence-electron chi connectivity index (χ2n) is 4.71. The van der Waals surface area contributed by atoms with Crippen LogP contribution in [0, 0.1) is 0 Å². The Bertz CT molecular complexity index is 316. The van der Waals surface area contributed by atoms with Crippen LogP contribution in [0.5, 0.6) is 0 Å². The number of nitrogens with zero attached hydrogens (tertiary/aromatic N) is 1. The van der Waals surface area contributed by atoms with Gasteiger partial charge in [-0.05, 0) is 25.7 Å². The van der Waals surface area contributed by atoms with Gasteiger partial charge in [0.1, 0.15) is 5.54 Å². The van der Waals surface area contributed by atoms with Gasteiger partial charge in [0, 0.05) is 12.6 Å². The summed E-state index contributed by atoms with van der Waals surface area (Å²) in [6, 6.07) is 0.0865. The molecule has 6 nitrogen and oxygen atoms in total. The van der Waals surface area contributed by atoms with Gasteiger partial charge in [-0.1, -0.05) is 0 Å². The minimum atomic E-state index is -1.27. The summed E-state index contributed by atoms with van der Waals surface area (Å²) in [5, 5.41) is 11.8. The first-order valence-corrected chi connectivity index (χ1v) is 5.59. The summed E-state index contributed by atoms with van der Waals surface area (Å²) in [6.45, 7) is 0.516. The Hall–Kier alpha value is -1.30. The number of rotatable bonds is 2. The van der Waals surface area contributed by atoms with Crippen molar-refractivity contribution in [3.63, 3.8) is 0 Å². The van der Waals surface area contributed by atoms with Crippen molar-refractivity contribution in [2.45, 2.75) is 37.3 Å². The summed E-state index contributed by atoms with van der Waals surface area (Å²) in [5.74, 6) is -1.04. The molecule has 0 bridgehead atoms. The molecule has 0 aromatic carbocycles. The Labute approximate surface area is 93.8 Å². The molecule has 1 atom stereocenters. The molecule has 6 heteroatoms. The van der Waals surface area contributed by atoms with E-state index in [1.54, 1.807) is 0 Å². The van der Waals surface area contributed by atoms with Crippen molar-refractivity contribution in [1.29, 1.82) is 0 Å². The van der Waals surface area contributed by atoms with Crippen LogP contribution in [0.25, 0.3) is 0 Å². The van der Waals surface area contributed by atoms with Gasteiger partial charge in [-0.3, -0.25) is 4.79 Å². The number of hydrogen-bond donors (Lipinski definition) is 3. The van der Waals surface area contributed by atoms with Gasteiger partial charge in [0.2, 0.25) is 0 Å². The topological polar surface area (TPSA) is 95.7 Å². The van der Waals surface area contributed by atoms with Crippen LogP contribution >= 0.6 is 0 Å². The minimum Gasteiger partial charge on any atom is -0.480 e.